The number of rotatable bonds is 4. The molecule has 2 aromatic rings. The fourth-order valence-corrected chi connectivity index (χ4v) is 2.51. The second kappa shape index (κ2) is 5.00. The van der Waals surface area contributed by atoms with E-state index in [1.54, 1.807) is 0 Å². The van der Waals surface area contributed by atoms with Gasteiger partial charge in [0.25, 0.3) is 0 Å². The molecule has 1 aromatic carbocycles. The summed E-state index contributed by atoms with van der Waals surface area (Å²) >= 11 is 0. The van der Waals surface area contributed by atoms with Gasteiger partial charge in [-0.05, 0) is 30.4 Å². The number of pyridine rings is 1. The lowest BCUT2D eigenvalue weighted by atomic mass is 10.1. The molecule has 3 rings (SSSR count). The fraction of sp³-hybridized carbons (Fsp3) is 0.375. The molecule has 2 atom stereocenters. The first-order chi connectivity index (χ1) is 9.25. The molecule has 3 nitrogen and oxygen atoms in total. The highest BCUT2D eigenvalue weighted by atomic mass is 16.2. The second-order valence-corrected chi connectivity index (χ2v) is 5.35. The molecule has 1 N–H and O–H groups in total. The van der Waals surface area contributed by atoms with Gasteiger partial charge in [-0.15, -0.1) is 0 Å². The highest BCUT2D eigenvalue weighted by molar-refractivity contribution is 5.82. The zero-order chi connectivity index (χ0) is 13.2. The van der Waals surface area contributed by atoms with Crippen molar-refractivity contribution in [1.29, 1.82) is 0 Å². The van der Waals surface area contributed by atoms with Crippen molar-refractivity contribution in [3.05, 3.63) is 42.1 Å². The van der Waals surface area contributed by atoms with Gasteiger partial charge in [0.15, 0.2) is 0 Å². The van der Waals surface area contributed by atoms with E-state index in [2.05, 4.69) is 35.4 Å². The predicted octanol–water partition coefficient (Wildman–Crippen LogP) is 2.55. The van der Waals surface area contributed by atoms with Crippen LogP contribution in [0.5, 0.6) is 0 Å². The smallest absolute Gasteiger partial charge is 0.223 e. The number of nitrogens with zero attached hydrogens (tertiary/aromatic N) is 1. The molecule has 98 valence electrons. The Bertz CT molecular complexity index is 603. The van der Waals surface area contributed by atoms with Crippen LogP contribution in [0, 0.1) is 11.8 Å². The molecule has 1 fully saturated rings. The van der Waals surface area contributed by atoms with E-state index in [1.165, 1.54) is 5.56 Å². The molecule has 19 heavy (non-hydrogen) atoms. The number of amides is 1. The van der Waals surface area contributed by atoms with Crippen molar-refractivity contribution < 1.29 is 4.79 Å². The van der Waals surface area contributed by atoms with Crippen LogP contribution in [-0.4, -0.2) is 17.4 Å². The van der Waals surface area contributed by atoms with Crippen molar-refractivity contribution >= 4 is 16.8 Å². The lowest BCUT2D eigenvalue weighted by molar-refractivity contribution is -0.122. The minimum Gasteiger partial charge on any atom is -0.356 e. The number of fused-ring (bicyclic) bond motifs is 1. The molecule has 1 aliphatic rings. The fourth-order valence-electron chi connectivity index (χ4n) is 2.51. The Morgan fingerprint density at radius 3 is 2.95 bits per heavy atom. The molecule has 1 aliphatic carbocycles. The summed E-state index contributed by atoms with van der Waals surface area (Å²) in [6.45, 7) is 2.82. The van der Waals surface area contributed by atoms with Crippen LogP contribution < -0.4 is 5.32 Å². The minimum absolute atomic E-state index is 0.209. The second-order valence-electron chi connectivity index (χ2n) is 5.35. The molecule has 3 heteroatoms. The topological polar surface area (TPSA) is 42.0 Å². The van der Waals surface area contributed by atoms with Gasteiger partial charge in [-0.3, -0.25) is 9.78 Å². The summed E-state index contributed by atoms with van der Waals surface area (Å²) < 4.78 is 0. The Balaban J connectivity index is 1.64. The van der Waals surface area contributed by atoms with Crippen molar-refractivity contribution in [1.82, 2.24) is 10.3 Å². The maximum atomic E-state index is 11.7. The lowest BCUT2D eigenvalue weighted by Crippen LogP contribution is -2.27. The molecule has 0 bridgehead atoms. The Labute approximate surface area is 113 Å². The summed E-state index contributed by atoms with van der Waals surface area (Å²) in [5, 5.41) is 4.18. The standard InChI is InChI=1S/C16H18N2O/c1-11-10-14(11)16(19)18-9-7-13-5-2-4-12-6-3-8-17-15(12)13/h2-6,8,11,14H,7,9-10H2,1H3,(H,18,19). The molecular formula is C16H18N2O. The van der Waals surface area contributed by atoms with Crippen LogP contribution in [0.4, 0.5) is 0 Å². The van der Waals surface area contributed by atoms with Crippen LogP contribution in [0.25, 0.3) is 10.9 Å². The third-order valence-corrected chi connectivity index (χ3v) is 3.86. The Kier molecular flexibility index (Phi) is 3.20. The molecule has 1 saturated carbocycles. The number of aromatic nitrogens is 1. The molecular weight excluding hydrogens is 236 g/mol. The molecule has 1 amide bonds. The zero-order valence-electron chi connectivity index (χ0n) is 11.1. The molecule has 0 radical (unpaired) electrons. The first-order valence-electron chi connectivity index (χ1n) is 6.86. The number of nitrogens with one attached hydrogen (secondary N) is 1. The molecule has 1 heterocycles. The van der Waals surface area contributed by atoms with Crippen LogP contribution in [0.1, 0.15) is 18.9 Å². The first kappa shape index (κ1) is 12.2. The Hall–Kier alpha value is -1.90. The van der Waals surface area contributed by atoms with Gasteiger partial charge in [0.2, 0.25) is 5.91 Å². The third-order valence-electron chi connectivity index (χ3n) is 3.86. The number of carbonyl (C=O) groups excluding carboxylic acids is 1. The lowest BCUT2D eigenvalue weighted by Gasteiger charge is -2.07. The van der Waals surface area contributed by atoms with Crippen molar-refractivity contribution in [2.24, 2.45) is 11.8 Å². The maximum Gasteiger partial charge on any atom is 0.223 e. The highest BCUT2D eigenvalue weighted by Crippen LogP contribution is 2.37. The summed E-state index contributed by atoms with van der Waals surface area (Å²) in [5.41, 5.74) is 2.24. The number of para-hydroxylation sites is 1. The summed E-state index contributed by atoms with van der Waals surface area (Å²) in [6, 6.07) is 10.2. The van der Waals surface area contributed by atoms with E-state index >= 15 is 0 Å². The van der Waals surface area contributed by atoms with E-state index in [4.69, 9.17) is 0 Å². The average Bonchev–Trinajstić information content (AvgIpc) is 3.16. The van der Waals surface area contributed by atoms with E-state index in [0.717, 1.165) is 23.7 Å². The molecule has 0 aliphatic heterocycles. The maximum absolute atomic E-state index is 11.7. The van der Waals surface area contributed by atoms with Crippen LogP contribution in [0.15, 0.2) is 36.5 Å². The zero-order valence-corrected chi connectivity index (χ0v) is 11.1. The molecule has 0 saturated heterocycles. The van der Waals surface area contributed by atoms with Crippen molar-refractivity contribution in [3.63, 3.8) is 0 Å². The summed E-state index contributed by atoms with van der Waals surface area (Å²) in [4.78, 5) is 16.2. The van der Waals surface area contributed by atoms with E-state index in [-0.39, 0.29) is 11.8 Å². The monoisotopic (exact) mass is 254 g/mol. The SMILES string of the molecule is CC1CC1C(=O)NCCc1cccc2cccnc12. The van der Waals surface area contributed by atoms with Gasteiger partial charge in [0.1, 0.15) is 0 Å². The summed E-state index contributed by atoms with van der Waals surface area (Å²) in [7, 11) is 0. The van der Waals surface area contributed by atoms with Crippen LogP contribution in [0.2, 0.25) is 0 Å². The van der Waals surface area contributed by atoms with Crippen molar-refractivity contribution in [3.8, 4) is 0 Å². The van der Waals surface area contributed by atoms with Gasteiger partial charge in [-0.2, -0.15) is 0 Å². The quantitative estimate of drug-likeness (QED) is 0.911. The number of hydrogen-bond donors (Lipinski definition) is 1. The normalized spacial score (nSPS) is 21.3. The Morgan fingerprint density at radius 1 is 1.37 bits per heavy atom. The van der Waals surface area contributed by atoms with E-state index in [9.17, 15) is 4.79 Å². The number of benzene rings is 1. The van der Waals surface area contributed by atoms with Crippen LogP contribution >= 0.6 is 0 Å². The average molecular weight is 254 g/mol. The van der Waals surface area contributed by atoms with Crippen LogP contribution in [-0.2, 0) is 11.2 Å². The van der Waals surface area contributed by atoms with Gasteiger partial charge < -0.3 is 5.32 Å². The first-order valence-corrected chi connectivity index (χ1v) is 6.86. The van der Waals surface area contributed by atoms with Crippen molar-refractivity contribution in [2.75, 3.05) is 6.54 Å². The van der Waals surface area contributed by atoms with Gasteiger partial charge >= 0.3 is 0 Å². The number of hydrogen-bond acceptors (Lipinski definition) is 2. The van der Waals surface area contributed by atoms with E-state index in [0.29, 0.717) is 12.5 Å². The summed E-state index contributed by atoms with van der Waals surface area (Å²) in [5.74, 6) is 1.03. The van der Waals surface area contributed by atoms with Gasteiger partial charge in [-0.1, -0.05) is 31.2 Å². The van der Waals surface area contributed by atoms with Crippen LogP contribution in [0.3, 0.4) is 0 Å². The highest BCUT2D eigenvalue weighted by Gasteiger charge is 2.38. The molecule has 1 aromatic heterocycles. The minimum atomic E-state index is 0.209. The van der Waals surface area contributed by atoms with Gasteiger partial charge in [-0.25, -0.2) is 0 Å². The van der Waals surface area contributed by atoms with E-state index < -0.39 is 0 Å². The number of carbonyl (C=O) groups is 1. The van der Waals surface area contributed by atoms with Gasteiger partial charge in [0, 0.05) is 24.0 Å². The summed E-state index contributed by atoms with van der Waals surface area (Å²) in [6.07, 6.45) is 3.69. The predicted molar refractivity (Wildman–Crippen MR) is 75.7 cm³/mol. The van der Waals surface area contributed by atoms with E-state index in [1.807, 2.05) is 18.3 Å². The molecule has 2 unspecified atom stereocenters. The molecule has 0 spiro atoms. The third kappa shape index (κ3) is 2.60. The largest absolute Gasteiger partial charge is 0.356 e. The Morgan fingerprint density at radius 2 is 2.16 bits per heavy atom. The van der Waals surface area contributed by atoms with Gasteiger partial charge in [0.05, 0.1) is 5.52 Å². The van der Waals surface area contributed by atoms with Crippen molar-refractivity contribution in [2.45, 2.75) is 19.8 Å².